The largest absolute Gasteiger partial charge is 0.599 e. The highest BCUT2D eigenvalue weighted by Crippen LogP contribution is 2.04. The van der Waals surface area contributed by atoms with Gasteiger partial charge >= 0.3 is 1.12 Å². The Morgan fingerprint density at radius 2 is 2.47 bits per heavy atom. The third-order valence-corrected chi connectivity index (χ3v) is 2.70. The molecule has 0 aromatic carbocycles. The number of carbonyl (C=O) groups excluding carboxylic acids is 1. The molecule has 3 unspecified atom stereocenters. The van der Waals surface area contributed by atoms with Gasteiger partial charge in [-0.15, -0.1) is 0 Å². The number of rotatable bonds is 10. The lowest BCUT2D eigenvalue weighted by atomic mass is 10.0. The summed E-state index contributed by atoms with van der Waals surface area (Å²) in [5.74, 6) is -0.433. The lowest BCUT2D eigenvalue weighted by Gasteiger charge is -2.27. The van der Waals surface area contributed by atoms with Gasteiger partial charge < -0.3 is 15.0 Å². The number of aliphatic hydroxyl groups excluding tert-OH is 1. The van der Waals surface area contributed by atoms with Crippen LogP contribution in [0.5, 0.6) is 0 Å². The molecule has 0 heterocycles. The third-order valence-electron chi connectivity index (χ3n) is 2.37. The van der Waals surface area contributed by atoms with E-state index in [4.69, 9.17) is 2.46 Å². The van der Waals surface area contributed by atoms with Gasteiger partial charge in [-0.25, -0.2) is 5.01 Å². The Bertz CT molecular complexity index is 267. The molecule has 0 fully saturated rings. The van der Waals surface area contributed by atoms with Crippen molar-refractivity contribution in [2.45, 2.75) is 38.8 Å². The minimum Gasteiger partial charge on any atom is -0.599 e. The number of hydrogen-bond donors (Lipinski definition) is 3. The molecule has 0 saturated carbocycles. The van der Waals surface area contributed by atoms with Crippen LogP contribution in [-0.2, 0) is 12.1 Å². The molecule has 0 radical (unpaired) electrons. The van der Waals surface area contributed by atoms with Crippen LogP contribution in [0.2, 0.25) is 0 Å². The lowest BCUT2D eigenvalue weighted by Crippen LogP contribution is -2.50. The van der Waals surface area contributed by atoms with E-state index in [0.717, 1.165) is 6.42 Å². The molecule has 0 aliphatic carbocycles. The number of aliphatic hydroxyl groups is 1. The predicted molar refractivity (Wildman–Crippen MR) is 71.7 cm³/mol. The van der Waals surface area contributed by atoms with Crippen LogP contribution in [0.1, 0.15) is 26.7 Å². The smallest absolute Gasteiger partial charge is 0.384 e. The van der Waals surface area contributed by atoms with Gasteiger partial charge in [-0.2, -0.15) is 0 Å². The zero-order valence-electron chi connectivity index (χ0n) is 12.3. The first kappa shape index (κ1) is 13.2. The van der Waals surface area contributed by atoms with Crippen molar-refractivity contribution in [3.8, 4) is 0 Å². The van der Waals surface area contributed by atoms with Crippen molar-refractivity contribution in [2.24, 2.45) is 0 Å². The average Bonchev–Trinajstić information content (AvgIpc) is 2.36. The third kappa shape index (κ3) is 7.61. The van der Waals surface area contributed by atoms with E-state index in [1.165, 1.54) is 5.01 Å². The standard InChI is InChI=1S/C9H22BN3O3S/c1-3-5-7(11-9(10)15)8(14)6-13(4-2)12-17-16/h7-8,12,14,17H,3-6,10H2,1-2H3,(H,11,15)/i10T,17T. The average molecular weight is 267 g/mol. The number of thiol groups is 1. The minimum atomic E-state index is -1.94. The topological polar surface area (TPSA) is 87.7 Å². The van der Waals surface area contributed by atoms with E-state index in [2.05, 4.69) is 10.1 Å². The Hall–Kier alpha value is -0.275. The molecular formula is C9H22BN3O3S. The number of hydrogen-bond acceptors (Lipinski definition) is 5. The molecule has 0 saturated heterocycles. The van der Waals surface area contributed by atoms with Gasteiger partial charge in [-0.3, -0.25) is 4.79 Å². The van der Waals surface area contributed by atoms with Crippen LogP contribution >= 0.6 is 0 Å². The first-order chi connectivity index (χ1) is 8.94. The number of nitrogens with one attached hydrogen (secondary N) is 2. The number of likely N-dealkylation sites (N-methyl/N-ethyl adjacent to an activating group) is 1. The van der Waals surface area contributed by atoms with E-state index in [0.29, 0.717) is 13.0 Å². The van der Waals surface area contributed by atoms with Crippen molar-refractivity contribution in [1.29, 1.82) is 2.46 Å². The highest BCUT2D eigenvalue weighted by Gasteiger charge is 2.21. The number of nitrogens with zero attached hydrogens (tertiary/aromatic N) is 1. The normalized spacial score (nSPS) is 17.9. The maximum Gasteiger partial charge on any atom is 0.384 e. The zero-order chi connectivity index (χ0) is 14.8. The molecule has 0 aliphatic heterocycles. The molecule has 8 heteroatoms. The summed E-state index contributed by atoms with van der Waals surface area (Å²) in [6.07, 6.45) is 0.518. The summed E-state index contributed by atoms with van der Waals surface area (Å²) in [6.45, 7) is 4.34. The Kier molecular flexibility index (Phi) is 7.53. The Morgan fingerprint density at radius 3 is 2.94 bits per heavy atom. The summed E-state index contributed by atoms with van der Waals surface area (Å²) in [7, 11) is -0.376. The summed E-state index contributed by atoms with van der Waals surface area (Å²) >= 11 is -1.94. The summed E-state index contributed by atoms with van der Waals surface area (Å²) in [5.41, 5.74) is 0. The molecule has 3 N–H and O–H groups in total. The molecule has 1 amide bonds. The summed E-state index contributed by atoms with van der Waals surface area (Å²) in [6, 6.07) is -0.446. The van der Waals surface area contributed by atoms with E-state index in [-0.39, 0.29) is 14.4 Å². The van der Waals surface area contributed by atoms with Crippen molar-refractivity contribution in [1.82, 2.24) is 15.2 Å². The van der Waals surface area contributed by atoms with E-state index < -0.39 is 30.1 Å². The highest BCUT2D eigenvalue weighted by molar-refractivity contribution is 7.70. The Morgan fingerprint density at radius 1 is 1.76 bits per heavy atom. The fourth-order valence-corrected chi connectivity index (χ4v) is 1.82. The zero-order valence-corrected chi connectivity index (χ0v) is 11.1. The van der Waals surface area contributed by atoms with E-state index in [1.54, 1.807) is 6.92 Å². The molecule has 17 heavy (non-hydrogen) atoms. The summed E-state index contributed by atoms with van der Waals surface area (Å²) in [4.78, 5) is 13.6. The Balaban J connectivity index is 4.43. The molecule has 0 aromatic heterocycles. The van der Waals surface area contributed by atoms with Crippen molar-refractivity contribution >= 4 is 25.7 Å². The van der Waals surface area contributed by atoms with Gasteiger partial charge in [0.15, 0.2) is 5.81 Å². The first-order valence-corrected chi connectivity index (χ1v) is 6.39. The monoisotopic (exact) mass is 267 g/mol. The quantitative estimate of drug-likeness (QED) is 0.195. The minimum absolute atomic E-state index is 0.143. The van der Waals surface area contributed by atoms with Gasteiger partial charge in [-0.1, -0.05) is 25.1 Å². The second-order valence-electron chi connectivity index (χ2n) is 3.74. The van der Waals surface area contributed by atoms with Crippen LogP contribution in [0.3, 0.4) is 0 Å². The van der Waals surface area contributed by atoms with Crippen LogP contribution in [0.4, 0.5) is 4.79 Å². The van der Waals surface area contributed by atoms with Gasteiger partial charge in [0.2, 0.25) is 7.81 Å². The maximum absolute atomic E-state index is 11.2. The fourth-order valence-electron chi connectivity index (χ4n) is 1.52. The second kappa shape index (κ2) is 9.72. The second-order valence-corrected chi connectivity index (χ2v) is 4.09. The summed E-state index contributed by atoms with van der Waals surface area (Å²) in [5, 5.41) is 14.1. The van der Waals surface area contributed by atoms with Crippen LogP contribution in [0.15, 0.2) is 0 Å². The van der Waals surface area contributed by atoms with Crippen molar-refractivity contribution in [3.63, 3.8) is 0 Å². The molecular weight excluding hydrogens is 241 g/mol. The molecule has 100 valence electrons. The van der Waals surface area contributed by atoms with Gasteiger partial charge in [0, 0.05) is 25.2 Å². The number of hydrazine groups is 1. The van der Waals surface area contributed by atoms with Crippen molar-refractivity contribution in [2.75, 3.05) is 13.1 Å². The fraction of sp³-hybridized carbons (Fsp3) is 0.889. The number of carbonyl (C=O) groups is 1. The van der Waals surface area contributed by atoms with Crippen LogP contribution in [0, 0.1) is 0 Å². The lowest BCUT2D eigenvalue weighted by molar-refractivity contribution is 0.0738. The van der Waals surface area contributed by atoms with Gasteiger partial charge in [-0.05, 0) is 7.76 Å². The van der Waals surface area contributed by atoms with Crippen LogP contribution < -0.4 is 10.1 Å². The molecule has 3 atom stereocenters. The molecule has 0 rings (SSSR count). The maximum atomic E-state index is 11.2. The first-order valence-electron chi connectivity index (χ1n) is 6.76. The number of amides is 1. The highest BCUT2D eigenvalue weighted by atomic mass is 32.2. The summed E-state index contributed by atoms with van der Waals surface area (Å²) < 4.78 is 24.7. The van der Waals surface area contributed by atoms with E-state index >= 15 is 0 Å². The molecule has 0 bridgehead atoms. The van der Waals surface area contributed by atoms with Crippen molar-refractivity contribution in [3.05, 3.63) is 0 Å². The SMILES string of the molecule is [3H]BC(=O)NC(CCC)C(O)CN(CC)N[S+]([3H])[O-]. The molecule has 0 aromatic rings. The van der Waals surface area contributed by atoms with Crippen LogP contribution in [-0.4, -0.2) is 56.0 Å². The van der Waals surface area contributed by atoms with Gasteiger partial charge in [0.25, 0.3) is 0 Å². The molecule has 0 spiro atoms. The molecule has 6 nitrogen and oxygen atoms in total. The van der Waals surface area contributed by atoms with Crippen molar-refractivity contribution < 1.29 is 14.5 Å². The van der Waals surface area contributed by atoms with E-state index in [1.807, 2.05) is 6.92 Å². The Labute approximate surface area is 110 Å². The van der Waals surface area contributed by atoms with Gasteiger partial charge in [0.05, 0.1) is 12.1 Å². The predicted octanol–water partition coefficient (Wildman–Crippen LogP) is -1.45. The van der Waals surface area contributed by atoms with Gasteiger partial charge in [0.1, 0.15) is 0 Å². The van der Waals surface area contributed by atoms with Crippen LogP contribution in [0.25, 0.3) is 0 Å². The molecule has 0 aliphatic rings. The van der Waals surface area contributed by atoms with E-state index in [9.17, 15) is 14.5 Å².